The molecule has 3 heteroatoms. The lowest BCUT2D eigenvalue weighted by molar-refractivity contribution is 1.20. The van der Waals surface area contributed by atoms with Gasteiger partial charge in [0.05, 0.1) is 22.3 Å². The van der Waals surface area contributed by atoms with Crippen LogP contribution in [0.25, 0.3) is 11.1 Å². The van der Waals surface area contributed by atoms with Crippen molar-refractivity contribution in [3.05, 3.63) is 47.1 Å². The SMILES string of the molecule is c1ccc2c(c1)N=c1cc3c(cc1-2)=NCS3. The number of fused-ring (bicyclic) bond motifs is 4. The van der Waals surface area contributed by atoms with E-state index in [4.69, 9.17) is 0 Å². The zero-order valence-corrected chi connectivity index (χ0v) is 9.29. The molecule has 2 aliphatic rings. The summed E-state index contributed by atoms with van der Waals surface area (Å²) in [6, 6.07) is 12.6. The summed E-state index contributed by atoms with van der Waals surface area (Å²) < 4.78 is 0. The smallest absolute Gasteiger partial charge is 0.0898 e. The van der Waals surface area contributed by atoms with E-state index in [1.807, 2.05) is 6.07 Å². The second-order valence-electron chi connectivity index (χ2n) is 3.90. The molecule has 0 spiro atoms. The van der Waals surface area contributed by atoms with Crippen molar-refractivity contribution in [2.45, 2.75) is 4.90 Å². The number of thioether (sulfide) groups is 1. The predicted molar refractivity (Wildman–Crippen MR) is 64.6 cm³/mol. The molecule has 4 rings (SSSR count). The Bertz CT molecular complexity index is 719. The van der Waals surface area contributed by atoms with Crippen LogP contribution in [0.3, 0.4) is 0 Å². The maximum Gasteiger partial charge on any atom is 0.0898 e. The standard InChI is InChI=1S/C13H8N2S/c1-2-4-10-8(3-1)9-5-12-13(16-7-14-12)6-11(9)15-10/h1-6H,7H2. The van der Waals surface area contributed by atoms with Crippen molar-refractivity contribution in [3.63, 3.8) is 0 Å². The highest BCUT2D eigenvalue weighted by atomic mass is 32.2. The minimum absolute atomic E-state index is 0.847. The molecule has 2 aliphatic heterocycles. The van der Waals surface area contributed by atoms with Crippen LogP contribution in [0, 0.1) is 0 Å². The van der Waals surface area contributed by atoms with Crippen LogP contribution in [0.2, 0.25) is 0 Å². The van der Waals surface area contributed by atoms with Crippen molar-refractivity contribution >= 4 is 17.4 Å². The molecule has 2 heterocycles. The van der Waals surface area contributed by atoms with Crippen molar-refractivity contribution in [2.24, 2.45) is 9.98 Å². The molecule has 0 aliphatic carbocycles. The van der Waals surface area contributed by atoms with Crippen molar-refractivity contribution in [2.75, 3.05) is 5.88 Å². The number of para-hydroxylation sites is 1. The lowest BCUT2D eigenvalue weighted by Gasteiger charge is -1.98. The van der Waals surface area contributed by atoms with Crippen LogP contribution < -0.4 is 10.7 Å². The van der Waals surface area contributed by atoms with E-state index in [2.05, 4.69) is 40.3 Å². The van der Waals surface area contributed by atoms with Gasteiger partial charge in [0.2, 0.25) is 0 Å². The first-order valence-electron chi connectivity index (χ1n) is 5.21. The van der Waals surface area contributed by atoms with E-state index in [-0.39, 0.29) is 0 Å². The Kier molecular flexibility index (Phi) is 1.57. The highest BCUT2D eigenvalue weighted by molar-refractivity contribution is 7.99. The topological polar surface area (TPSA) is 24.7 Å². The Morgan fingerprint density at radius 3 is 2.94 bits per heavy atom. The molecule has 0 aromatic heterocycles. The Morgan fingerprint density at radius 1 is 1.00 bits per heavy atom. The van der Waals surface area contributed by atoms with Crippen molar-refractivity contribution in [1.82, 2.24) is 0 Å². The maximum atomic E-state index is 4.64. The number of nitrogens with zero attached hydrogens (tertiary/aromatic N) is 2. The summed E-state index contributed by atoms with van der Waals surface area (Å²) in [7, 11) is 0. The summed E-state index contributed by atoms with van der Waals surface area (Å²) in [5.74, 6) is 0.847. The van der Waals surface area contributed by atoms with Gasteiger partial charge in [0.15, 0.2) is 0 Å². The molecule has 0 fully saturated rings. The molecule has 0 bridgehead atoms. The minimum atomic E-state index is 0.847. The number of hydrogen-bond acceptors (Lipinski definition) is 3. The van der Waals surface area contributed by atoms with Gasteiger partial charge in [0.25, 0.3) is 0 Å². The first-order valence-corrected chi connectivity index (χ1v) is 6.20. The average molecular weight is 224 g/mol. The third kappa shape index (κ3) is 1.04. The van der Waals surface area contributed by atoms with Gasteiger partial charge in [-0.3, -0.25) is 4.99 Å². The molecule has 0 amide bonds. The van der Waals surface area contributed by atoms with Gasteiger partial charge in [-0.2, -0.15) is 0 Å². The van der Waals surface area contributed by atoms with Gasteiger partial charge in [-0.05, 0) is 18.2 Å². The Balaban J connectivity index is 2.13. The molecule has 76 valence electrons. The van der Waals surface area contributed by atoms with E-state index < -0.39 is 0 Å². The lowest BCUT2D eigenvalue weighted by Crippen LogP contribution is -2.10. The third-order valence-corrected chi connectivity index (χ3v) is 3.86. The highest BCUT2D eigenvalue weighted by Crippen LogP contribution is 2.32. The van der Waals surface area contributed by atoms with Gasteiger partial charge >= 0.3 is 0 Å². The number of hydrogen-bond donors (Lipinski definition) is 0. The number of benzene rings is 2. The highest BCUT2D eigenvalue weighted by Gasteiger charge is 2.15. The Labute approximate surface area is 96.8 Å². The summed E-state index contributed by atoms with van der Waals surface area (Å²) in [5, 5.41) is 2.21. The molecule has 2 aromatic rings. The fourth-order valence-electron chi connectivity index (χ4n) is 2.21. The van der Waals surface area contributed by atoms with Gasteiger partial charge in [-0.25, -0.2) is 4.99 Å². The lowest BCUT2D eigenvalue weighted by atomic mass is 10.1. The van der Waals surface area contributed by atoms with Crippen LogP contribution in [0.1, 0.15) is 0 Å². The molecular formula is C13H8N2S. The summed E-state index contributed by atoms with van der Waals surface area (Å²) >= 11 is 1.79. The van der Waals surface area contributed by atoms with Crippen molar-refractivity contribution in [1.29, 1.82) is 0 Å². The average Bonchev–Trinajstić information content (AvgIpc) is 2.88. The summed E-state index contributed by atoms with van der Waals surface area (Å²) in [4.78, 5) is 10.4. The molecule has 2 nitrogen and oxygen atoms in total. The molecule has 2 aromatic carbocycles. The third-order valence-electron chi connectivity index (χ3n) is 2.97. The zero-order valence-electron chi connectivity index (χ0n) is 8.47. The number of rotatable bonds is 0. The first kappa shape index (κ1) is 8.53. The van der Waals surface area contributed by atoms with Crippen LogP contribution in [0.15, 0.2) is 51.3 Å². The molecule has 0 saturated heterocycles. The van der Waals surface area contributed by atoms with Gasteiger partial charge in [0, 0.05) is 16.0 Å². The van der Waals surface area contributed by atoms with Crippen LogP contribution in [0.5, 0.6) is 0 Å². The van der Waals surface area contributed by atoms with E-state index in [1.54, 1.807) is 11.8 Å². The zero-order chi connectivity index (χ0) is 10.5. The van der Waals surface area contributed by atoms with Gasteiger partial charge in [-0.15, -0.1) is 11.8 Å². The largest absolute Gasteiger partial charge is 0.273 e. The van der Waals surface area contributed by atoms with Gasteiger partial charge in [0.1, 0.15) is 0 Å². The summed E-state index contributed by atoms with van der Waals surface area (Å²) in [6.45, 7) is 0. The van der Waals surface area contributed by atoms with Crippen LogP contribution in [-0.4, -0.2) is 5.88 Å². The van der Waals surface area contributed by atoms with Gasteiger partial charge in [-0.1, -0.05) is 18.2 Å². The van der Waals surface area contributed by atoms with Crippen LogP contribution in [0.4, 0.5) is 5.69 Å². The molecule has 0 atom stereocenters. The van der Waals surface area contributed by atoms with Gasteiger partial charge < -0.3 is 0 Å². The first-order chi connectivity index (χ1) is 7.92. The van der Waals surface area contributed by atoms with E-state index in [1.165, 1.54) is 16.0 Å². The normalized spacial score (nSPS) is 14.8. The van der Waals surface area contributed by atoms with E-state index in [0.29, 0.717) is 0 Å². The van der Waals surface area contributed by atoms with Crippen LogP contribution in [-0.2, 0) is 0 Å². The predicted octanol–water partition coefficient (Wildman–Crippen LogP) is 2.30. The van der Waals surface area contributed by atoms with E-state index >= 15 is 0 Å². The summed E-state index contributed by atoms with van der Waals surface area (Å²) in [5.41, 5.74) is 3.53. The molecular weight excluding hydrogens is 216 g/mol. The van der Waals surface area contributed by atoms with Crippen molar-refractivity contribution in [3.8, 4) is 11.1 Å². The van der Waals surface area contributed by atoms with Crippen LogP contribution >= 0.6 is 11.8 Å². The summed E-state index contributed by atoms with van der Waals surface area (Å²) in [6.07, 6.45) is 0. The van der Waals surface area contributed by atoms with E-state index in [9.17, 15) is 0 Å². The monoisotopic (exact) mass is 224 g/mol. The van der Waals surface area contributed by atoms with Crippen molar-refractivity contribution < 1.29 is 0 Å². The molecule has 0 radical (unpaired) electrons. The maximum absolute atomic E-state index is 4.64. The quantitative estimate of drug-likeness (QED) is 0.575. The minimum Gasteiger partial charge on any atom is -0.273 e. The Hall–Kier alpha value is -1.61. The molecule has 0 saturated carbocycles. The molecule has 0 N–H and O–H groups in total. The fourth-order valence-corrected chi connectivity index (χ4v) is 3.01. The second kappa shape index (κ2) is 2.95. The molecule has 0 unspecified atom stereocenters. The Morgan fingerprint density at radius 2 is 1.94 bits per heavy atom. The molecule has 16 heavy (non-hydrogen) atoms. The van der Waals surface area contributed by atoms with E-state index in [0.717, 1.165) is 22.3 Å². The fraction of sp³-hybridized carbons (Fsp3) is 0.0769. The second-order valence-corrected chi connectivity index (χ2v) is 4.88.